The molecule has 0 aliphatic heterocycles. The van der Waals surface area contributed by atoms with Crippen LogP contribution < -0.4 is 10.5 Å². The van der Waals surface area contributed by atoms with E-state index >= 15 is 0 Å². The zero-order chi connectivity index (χ0) is 14.5. The van der Waals surface area contributed by atoms with E-state index in [-0.39, 0.29) is 6.54 Å². The maximum Gasteiger partial charge on any atom is 0.241 e. The summed E-state index contributed by atoms with van der Waals surface area (Å²) >= 11 is 1.41. The van der Waals surface area contributed by atoms with Crippen LogP contribution in [-0.4, -0.2) is 15.0 Å². The molecule has 0 spiro atoms. The fourth-order valence-corrected chi connectivity index (χ4v) is 4.72. The number of unbranched alkanes of at least 4 members (excludes halogenated alkanes) is 1. The minimum Gasteiger partial charge on any atom is -0.326 e. The SMILES string of the molecule is Cc1csc(CN)c1S(=O)(=O)NCCCCC(C)C. The highest BCUT2D eigenvalue weighted by Gasteiger charge is 2.21. The van der Waals surface area contributed by atoms with Crippen LogP contribution in [0.2, 0.25) is 0 Å². The Morgan fingerprint density at radius 2 is 2.05 bits per heavy atom. The first-order valence-corrected chi connectivity index (χ1v) is 9.01. The predicted molar refractivity (Wildman–Crippen MR) is 80.8 cm³/mol. The van der Waals surface area contributed by atoms with E-state index < -0.39 is 10.0 Å². The van der Waals surface area contributed by atoms with Crippen LogP contribution >= 0.6 is 11.3 Å². The van der Waals surface area contributed by atoms with E-state index in [1.54, 1.807) is 0 Å². The van der Waals surface area contributed by atoms with E-state index in [1.807, 2.05) is 12.3 Å². The quantitative estimate of drug-likeness (QED) is 0.725. The molecule has 0 saturated heterocycles. The second kappa shape index (κ2) is 7.38. The van der Waals surface area contributed by atoms with Gasteiger partial charge in [-0.2, -0.15) is 0 Å². The maximum absolute atomic E-state index is 12.2. The average Bonchev–Trinajstić information content (AvgIpc) is 2.70. The van der Waals surface area contributed by atoms with Crippen molar-refractivity contribution in [3.8, 4) is 0 Å². The van der Waals surface area contributed by atoms with Gasteiger partial charge in [-0.25, -0.2) is 13.1 Å². The third-order valence-corrected chi connectivity index (χ3v) is 5.89. The molecule has 6 heteroatoms. The molecule has 0 amide bonds. The molecule has 0 aromatic carbocycles. The number of thiophene rings is 1. The molecule has 0 atom stereocenters. The Morgan fingerprint density at radius 3 is 2.63 bits per heavy atom. The highest BCUT2D eigenvalue weighted by molar-refractivity contribution is 7.89. The number of hydrogen-bond acceptors (Lipinski definition) is 4. The molecule has 3 N–H and O–H groups in total. The molecule has 1 rings (SSSR count). The van der Waals surface area contributed by atoms with Crippen molar-refractivity contribution in [1.29, 1.82) is 0 Å². The Balaban J connectivity index is 2.59. The van der Waals surface area contributed by atoms with Crippen LogP contribution in [0.25, 0.3) is 0 Å². The molecular formula is C13H24N2O2S2. The largest absolute Gasteiger partial charge is 0.326 e. The van der Waals surface area contributed by atoms with Crippen molar-refractivity contribution in [2.24, 2.45) is 11.7 Å². The first kappa shape index (κ1) is 16.6. The number of nitrogens with two attached hydrogens (primary N) is 1. The first-order valence-electron chi connectivity index (χ1n) is 6.65. The summed E-state index contributed by atoms with van der Waals surface area (Å²) in [5.74, 6) is 0.666. The second-order valence-electron chi connectivity index (χ2n) is 5.16. The minimum absolute atomic E-state index is 0.266. The molecule has 1 heterocycles. The van der Waals surface area contributed by atoms with Crippen molar-refractivity contribution in [2.75, 3.05) is 6.54 Å². The molecule has 4 nitrogen and oxygen atoms in total. The molecule has 19 heavy (non-hydrogen) atoms. The zero-order valence-electron chi connectivity index (χ0n) is 11.9. The van der Waals surface area contributed by atoms with Gasteiger partial charge in [0.15, 0.2) is 0 Å². The van der Waals surface area contributed by atoms with Crippen molar-refractivity contribution in [3.63, 3.8) is 0 Å². The van der Waals surface area contributed by atoms with Crippen LogP contribution in [0.1, 0.15) is 43.6 Å². The van der Waals surface area contributed by atoms with Gasteiger partial charge in [0.2, 0.25) is 10.0 Å². The summed E-state index contributed by atoms with van der Waals surface area (Å²) in [4.78, 5) is 1.11. The van der Waals surface area contributed by atoms with E-state index in [0.717, 1.165) is 29.7 Å². The third-order valence-electron chi connectivity index (χ3n) is 2.94. The van der Waals surface area contributed by atoms with Gasteiger partial charge in [0, 0.05) is 18.0 Å². The van der Waals surface area contributed by atoms with Crippen LogP contribution in [0.5, 0.6) is 0 Å². The van der Waals surface area contributed by atoms with Gasteiger partial charge in [0.05, 0.1) is 0 Å². The number of sulfonamides is 1. The number of hydrogen-bond donors (Lipinski definition) is 2. The first-order chi connectivity index (χ1) is 8.88. The molecule has 110 valence electrons. The number of aryl methyl sites for hydroxylation is 1. The summed E-state index contributed by atoms with van der Waals surface area (Å²) in [6.45, 7) is 6.91. The topological polar surface area (TPSA) is 72.2 Å². The van der Waals surface area contributed by atoms with Crippen molar-refractivity contribution in [2.45, 2.75) is 51.5 Å². The smallest absolute Gasteiger partial charge is 0.241 e. The Hall–Kier alpha value is -0.430. The van der Waals surface area contributed by atoms with Gasteiger partial charge >= 0.3 is 0 Å². The van der Waals surface area contributed by atoms with Crippen molar-refractivity contribution in [1.82, 2.24) is 4.72 Å². The molecule has 0 fully saturated rings. The second-order valence-corrected chi connectivity index (χ2v) is 7.83. The maximum atomic E-state index is 12.2. The molecule has 1 aromatic heterocycles. The molecule has 0 radical (unpaired) electrons. The summed E-state index contributed by atoms with van der Waals surface area (Å²) < 4.78 is 27.1. The van der Waals surface area contributed by atoms with Crippen LogP contribution in [0.3, 0.4) is 0 Å². The zero-order valence-corrected chi connectivity index (χ0v) is 13.5. The third kappa shape index (κ3) is 4.87. The van der Waals surface area contributed by atoms with Gasteiger partial charge in [0.25, 0.3) is 0 Å². The van der Waals surface area contributed by atoms with Gasteiger partial charge in [-0.15, -0.1) is 11.3 Å². The highest BCUT2D eigenvalue weighted by Crippen LogP contribution is 2.26. The summed E-state index contributed by atoms with van der Waals surface area (Å²) in [6, 6.07) is 0. The molecular weight excluding hydrogens is 280 g/mol. The fourth-order valence-electron chi connectivity index (χ4n) is 1.95. The normalized spacial score (nSPS) is 12.3. The van der Waals surface area contributed by atoms with Crippen LogP contribution in [-0.2, 0) is 16.6 Å². The fraction of sp³-hybridized carbons (Fsp3) is 0.692. The predicted octanol–water partition coefficient (Wildman–Crippen LogP) is 2.62. The minimum atomic E-state index is -3.41. The Labute approximate surface area is 120 Å². The molecule has 1 aromatic rings. The van der Waals surface area contributed by atoms with E-state index in [9.17, 15) is 8.42 Å². The summed E-state index contributed by atoms with van der Waals surface area (Å²) in [5.41, 5.74) is 6.37. The Kier molecular flexibility index (Phi) is 6.46. The average molecular weight is 304 g/mol. The van der Waals surface area contributed by atoms with Gasteiger partial charge in [0.1, 0.15) is 4.90 Å². The Morgan fingerprint density at radius 1 is 1.37 bits per heavy atom. The van der Waals surface area contributed by atoms with Crippen LogP contribution in [0.4, 0.5) is 0 Å². The van der Waals surface area contributed by atoms with E-state index in [2.05, 4.69) is 18.6 Å². The summed E-state index contributed by atoms with van der Waals surface area (Å²) in [6.07, 6.45) is 3.05. The van der Waals surface area contributed by atoms with Crippen LogP contribution in [0, 0.1) is 12.8 Å². The summed E-state index contributed by atoms with van der Waals surface area (Å²) in [5, 5.41) is 1.84. The van der Waals surface area contributed by atoms with Crippen molar-refractivity contribution in [3.05, 3.63) is 15.8 Å². The van der Waals surface area contributed by atoms with Gasteiger partial charge in [-0.1, -0.05) is 26.7 Å². The van der Waals surface area contributed by atoms with Crippen molar-refractivity contribution >= 4 is 21.4 Å². The highest BCUT2D eigenvalue weighted by atomic mass is 32.2. The monoisotopic (exact) mass is 304 g/mol. The lowest BCUT2D eigenvalue weighted by atomic mass is 10.1. The van der Waals surface area contributed by atoms with Crippen LogP contribution in [0.15, 0.2) is 10.3 Å². The summed E-state index contributed by atoms with van der Waals surface area (Å²) in [7, 11) is -3.41. The standard InChI is InChI=1S/C13H24N2O2S2/c1-10(2)6-4-5-7-15-19(16,17)13-11(3)9-18-12(13)8-14/h9-10,15H,4-8,14H2,1-3H3. The van der Waals surface area contributed by atoms with Crippen molar-refractivity contribution < 1.29 is 8.42 Å². The molecule has 0 aliphatic rings. The van der Waals surface area contributed by atoms with Gasteiger partial charge < -0.3 is 5.73 Å². The Bertz CT molecular complexity index is 493. The molecule has 0 bridgehead atoms. The number of nitrogens with one attached hydrogen (secondary N) is 1. The molecule has 0 saturated carbocycles. The lowest BCUT2D eigenvalue weighted by Gasteiger charge is -2.09. The molecule has 0 unspecified atom stereocenters. The van der Waals surface area contributed by atoms with Gasteiger partial charge in [-0.3, -0.25) is 0 Å². The lowest BCUT2D eigenvalue weighted by molar-refractivity contribution is 0.530. The lowest BCUT2D eigenvalue weighted by Crippen LogP contribution is -2.26. The van der Waals surface area contributed by atoms with Gasteiger partial charge in [-0.05, 0) is 30.2 Å². The molecule has 0 aliphatic carbocycles. The van der Waals surface area contributed by atoms with E-state index in [0.29, 0.717) is 17.4 Å². The van der Waals surface area contributed by atoms with E-state index in [4.69, 9.17) is 5.73 Å². The van der Waals surface area contributed by atoms with E-state index in [1.165, 1.54) is 11.3 Å². The number of rotatable bonds is 8.